The van der Waals surface area contributed by atoms with E-state index in [0.29, 0.717) is 18.8 Å². The number of sulfonamides is 1. The van der Waals surface area contributed by atoms with Crippen molar-refractivity contribution in [3.63, 3.8) is 0 Å². The van der Waals surface area contributed by atoms with E-state index in [4.69, 9.17) is 9.47 Å². The van der Waals surface area contributed by atoms with Gasteiger partial charge in [0.15, 0.2) is 12.4 Å². The van der Waals surface area contributed by atoms with Crippen LogP contribution in [0.4, 0.5) is 4.39 Å². The highest BCUT2D eigenvalue weighted by Crippen LogP contribution is 2.22. The van der Waals surface area contributed by atoms with E-state index in [0.717, 1.165) is 12.1 Å². The molecule has 0 aromatic heterocycles. The lowest BCUT2D eigenvalue weighted by molar-refractivity contribution is 0.0474. The smallest absolute Gasteiger partial charge is 0.338 e. The molecule has 3 rings (SSSR count). The number of nitrogens with zero attached hydrogens (tertiary/aromatic N) is 1. The molecule has 0 bridgehead atoms. The number of hydrogen-bond acceptors (Lipinski definition) is 6. The molecule has 154 valence electrons. The molecule has 0 spiro atoms. The predicted molar refractivity (Wildman–Crippen MR) is 102 cm³/mol. The van der Waals surface area contributed by atoms with Gasteiger partial charge in [-0.3, -0.25) is 4.79 Å². The zero-order valence-corrected chi connectivity index (χ0v) is 16.6. The molecule has 2 aromatic carbocycles. The summed E-state index contributed by atoms with van der Waals surface area (Å²) < 4.78 is 50.2. The van der Waals surface area contributed by atoms with Gasteiger partial charge in [-0.15, -0.1) is 0 Å². The summed E-state index contributed by atoms with van der Waals surface area (Å²) in [7, 11) is -3.78. The van der Waals surface area contributed by atoms with E-state index in [1.165, 1.54) is 34.6 Å². The monoisotopic (exact) mass is 421 g/mol. The molecule has 29 heavy (non-hydrogen) atoms. The maximum Gasteiger partial charge on any atom is 0.338 e. The lowest BCUT2D eigenvalue weighted by Gasteiger charge is -2.26. The van der Waals surface area contributed by atoms with Crippen LogP contribution < -0.4 is 0 Å². The van der Waals surface area contributed by atoms with Crippen molar-refractivity contribution in [1.82, 2.24) is 4.31 Å². The minimum Gasteiger partial charge on any atom is -0.454 e. The predicted octanol–water partition coefficient (Wildman–Crippen LogP) is 2.19. The van der Waals surface area contributed by atoms with Gasteiger partial charge in [0.05, 0.1) is 23.7 Å². The molecule has 1 aliphatic rings. The first-order valence-corrected chi connectivity index (χ1v) is 10.4. The highest BCUT2D eigenvalue weighted by Gasteiger charge is 2.28. The number of rotatable bonds is 6. The number of hydrogen-bond donors (Lipinski definition) is 0. The number of Topliss-reactive ketones (excluding diaryl/α,β-unsaturated/α-hetero) is 1. The van der Waals surface area contributed by atoms with Gasteiger partial charge in [-0.2, -0.15) is 4.31 Å². The average molecular weight is 421 g/mol. The third-order valence-corrected chi connectivity index (χ3v) is 6.55. The molecule has 9 heteroatoms. The largest absolute Gasteiger partial charge is 0.454 e. The number of esters is 1. The number of aryl methyl sites for hydroxylation is 1. The minimum absolute atomic E-state index is 0.0127. The molecule has 1 fully saturated rings. The number of morpholine rings is 1. The van der Waals surface area contributed by atoms with Crippen LogP contribution in [0.1, 0.15) is 26.3 Å². The topological polar surface area (TPSA) is 90.0 Å². The highest BCUT2D eigenvalue weighted by molar-refractivity contribution is 7.89. The standard InChI is InChI=1S/C20H20FNO6S/c1-14-2-3-16(12-19(14)29(25,26)22-8-10-27-11-9-22)20(24)28-13-18(23)15-4-6-17(21)7-5-15/h2-7,12H,8-11,13H2,1H3. The Labute approximate surface area is 168 Å². The Balaban J connectivity index is 1.73. The van der Waals surface area contributed by atoms with Gasteiger partial charge in [0.25, 0.3) is 0 Å². The SMILES string of the molecule is Cc1ccc(C(=O)OCC(=O)c2ccc(F)cc2)cc1S(=O)(=O)N1CCOCC1. The molecule has 1 aliphatic heterocycles. The summed E-state index contributed by atoms with van der Waals surface area (Å²) in [6.07, 6.45) is 0. The Hall–Kier alpha value is -2.62. The Morgan fingerprint density at radius 3 is 2.34 bits per heavy atom. The van der Waals surface area contributed by atoms with Crippen LogP contribution in [0.2, 0.25) is 0 Å². The van der Waals surface area contributed by atoms with Crippen LogP contribution in [-0.4, -0.2) is 57.4 Å². The Bertz CT molecular complexity index is 1010. The number of ether oxygens (including phenoxy) is 2. The fourth-order valence-electron chi connectivity index (χ4n) is 2.86. The Morgan fingerprint density at radius 2 is 1.69 bits per heavy atom. The van der Waals surface area contributed by atoms with Crippen LogP contribution in [0.5, 0.6) is 0 Å². The van der Waals surface area contributed by atoms with Crippen LogP contribution >= 0.6 is 0 Å². The third kappa shape index (κ3) is 4.87. The van der Waals surface area contributed by atoms with Crippen molar-refractivity contribution in [2.45, 2.75) is 11.8 Å². The molecule has 0 atom stereocenters. The molecule has 2 aromatic rings. The Kier molecular flexibility index (Phi) is 6.41. The van der Waals surface area contributed by atoms with Crippen molar-refractivity contribution in [1.29, 1.82) is 0 Å². The molecule has 0 radical (unpaired) electrons. The summed E-state index contributed by atoms with van der Waals surface area (Å²) in [5, 5.41) is 0. The molecule has 0 saturated carbocycles. The van der Waals surface area contributed by atoms with Gasteiger partial charge in [-0.05, 0) is 48.9 Å². The normalized spacial score (nSPS) is 15.1. The van der Waals surface area contributed by atoms with Crippen LogP contribution in [0.3, 0.4) is 0 Å². The molecular weight excluding hydrogens is 401 g/mol. The number of halogens is 1. The quantitative estimate of drug-likeness (QED) is 0.525. The van der Waals surface area contributed by atoms with E-state index in [1.807, 2.05) is 0 Å². The van der Waals surface area contributed by atoms with E-state index in [2.05, 4.69) is 0 Å². The number of benzene rings is 2. The number of carbonyl (C=O) groups excluding carboxylic acids is 2. The highest BCUT2D eigenvalue weighted by atomic mass is 32.2. The van der Waals surface area contributed by atoms with Gasteiger partial charge >= 0.3 is 5.97 Å². The summed E-state index contributed by atoms with van der Waals surface area (Å²) in [6, 6.07) is 9.08. The fourth-order valence-corrected chi connectivity index (χ4v) is 4.52. The van der Waals surface area contributed by atoms with Gasteiger partial charge < -0.3 is 9.47 Å². The summed E-state index contributed by atoms with van der Waals surface area (Å²) in [4.78, 5) is 24.4. The molecule has 1 saturated heterocycles. The third-order valence-electron chi connectivity index (χ3n) is 4.51. The second-order valence-electron chi connectivity index (χ2n) is 6.50. The van der Waals surface area contributed by atoms with Gasteiger partial charge in [0, 0.05) is 18.7 Å². The zero-order chi connectivity index (χ0) is 21.0. The first-order chi connectivity index (χ1) is 13.8. The summed E-state index contributed by atoms with van der Waals surface area (Å²) >= 11 is 0. The second kappa shape index (κ2) is 8.81. The number of ketones is 1. The van der Waals surface area contributed by atoms with Crippen molar-refractivity contribution >= 4 is 21.8 Å². The van der Waals surface area contributed by atoms with Gasteiger partial charge in [-0.25, -0.2) is 17.6 Å². The van der Waals surface area contributed by atoms with E-state index in [-0.39, 0.29) is 29.1 Å². The molecule has 7 nitrogen and oxygen atoms in total. The Morgan fingerprint density at radius 1 is 1.07 bits per heavy atom. The van der Waals surface area contributed by atoms with Crippen LogP contribution in [-0.2, 0) is 19.5 Å². The molecular formula is C20H20FNO6S. The second-order valence-corrected chi connectivity index (χ2v) is 8.41. The van der Waals surface area contributed by atoms with E-state index < -0.39 is 34.2 Å². The van der Waals surface area contributed by atoms with E-state index in [1.54, 1.807) is 6.92 Å². The van der Waals surface area contributed by atoms with Crippen molar-refractivity contribution in [3.05, 3.63) is 65.0 Å². The number of carbonyl (C=O) groups is 2. The van der Waals surface area contributed by atoms with Gasteiger partial charge in [0.1, 0.15) is 5.82 Å². The van der Waals surface area contributed by atoms with E-state index >= 15 is 0 Å². The molecule has 0 aliphatic carbocycles. The molecule has 0 amide bonds. The summed E-state index contributed by atoms with van der Waals surface area (Å²) in [6.45, 7) is 2.20. The minimum atomic E-state index is -3.78. The van der Waals surface area contributed by atoms with Gasteiger partial charge in [-0.1, -0.05) is 6.07 Å². The van der Waals surface area contributed by atoms with E-state index in [9.17, 15) is 22.4 Å². The maximum atomic E-state index is 12.9. The van der Waals surface area contributed by atoms with Crippen LogP contribution in [0.15, 0.2) is 47.4 Å². The zero-order valence-electron chi connectivity index (χ0n) is 15.8. The summed E-state index contributed by atoms with van der Waals surface area (Å²) in [5.41, 5.74) is 0.725. The fraction of sp³-hybridized carbons (Fsp3) is 0.300. The first-order valence-electron chi connectivity index (χ1n) is 8.93. The van der Waals surface area contributed by atoms with Gasteiger partial charge in [0.2, 0.25) is 10.0 Å². The maximum absolute atomic E-state index is 12.9. The van der Waals surface area contributed by atoms with Crippen molar-refractivity contribution in [2.24, 2.45) is 0 Å². The average Bonchev–Trinajstić information content (AvgIpc) is 2.73. The van der Waals surface area contributed by atoms with Crippen molar-refractivity contribution < 1.29 is 31.9 Å². The van der Waals surface area contributed by atoms with Crippen LogP contribution in [0, 0.1) is 12.7 Å². The lowest BCUT2D eigenvalue weighted by Crippen LogP contribution is -2.40. The van der Waals surface area contributed by atoms with Crippen molar-refractivity contribution in [2.75, 3.05) is 32.9 Å². The molecule has 0 unspecified atom stereocenters. The molecule has 1 heterocycles. The summed E-state index contributed by atoms with van der Waals surface area (Å²) in [5.74, 6) is -1.79. The first kappa shape index (κ1) is 21.1. The lowest BCUT2D eigenvalue weighted by atomic mass is 10.1. The molecule has 0 N–H and O–H groups in total. The van der Waals surface area contributed by atoms with Crippen LogP contribution in [0.25, 0.3) is 0 Å². The van der Waals surface area contributed by atoms with Crippen molar-refractivity contribution in [3.8, 4) is 0 Å².